The Morgan fingerprint density at radius 2 is 1.69 bits per heavy atom. The van der Waals surface area contributed by atoms with Crippen molar-refractivity contribution >= 4 is 11.9 Å². The van der Waals surface area contributed by atoms with Gasteiger partial charge in [0.15, 0.2) is 0 Å². The molecular weight excluding hydrogens is 476 g/mol. The van der Waals surface area contributed by atoms with Crippen molar-refractivity contribution < 1.29 is 27.1 Å². The minimum absolute atomic E-state index is 0.125. The van der Waals surface area contributed by atoms with Crippen molar-refractivity contribution in [2.45, 2.75) is 38.4 Å². The highest BCUT2D eigenvalue weighted by Crippen LogP contribution is 2.33. The van der Waals surface area contributed by atoms with Crippen LogP contribution in [0, 0.1) is 5.82 Å². The van der Waals surface area contributed by atoms with Crippen LogP contribution in [0.3, 0.4) is 0 Å². The monoisotopic (exact) mass is 500 g/mol. The van der Waals surface area contributed by atoms with Crippen LogP contribution in [-0.2, 0) is 19.1 Å². The summed E-state index contributed by atoms with van der Waals surface area (Å²) in [7, 11) is 0. The first-order chi connectivity index (χ1) is 17.3. The molecule has 3 heterocycles. The predicted molar refractivity (Wildman–Crippen MR) is 124 cm³/mol. The van der Waals surface area contributed by atoms with Crippen LogP contribution in [0.1, 0.15) is 46.4 Å². The standard InChI is InChI=1S/C26H24F4N4O2/c27-19-5-4-6-20(15-19)36-23-21-16-34(24(35)17-7-9-18(10-8-17)26(28,29)30)14-11-22(21)31-25(32-23)33-12-2-1-3-13-33/h4-10,15H,1-3,11-14,16H2. The van der Waals surface area contributed by atoms with E-state index in [9.17, 15) is 22.4 Å². The maximum absolute atomic E-state index is 13.8. The first kappa shape index (κ1) is 24.0. The molecule has 2 aliphatic heterocycles. The van der Waals surface area contributed by atoms with E-state index in [1.807, 2.05) is 0 Å². The highest BCUT2D eigenvalue weighted by molar-refractivity contribution is 5.94. The Morgan fingerprint density at radius 1 is 0.944 bits per heavy atom. The Labute approximate surface area is 205 Å². The first-order valence-corrected chi connectivity index (χ1v) is 11.8. The molecule has 0 saturated carbocycles. The molecule has 0 radical (unpaired) electrons. The fourth-order valence-corrected chi connectivity index (χ4v) is 4.49. The van der Waals surface area contributed by atoms with E-state index < -0.39 is 23.5 Å². The van der Waals surface area contributed by atoms with Gasteiger partial charge < -0.3 is 14.5 Å². The first-order valence-electron chi connectivity index (χ1n) is 11.8. The lowest BCUT2D eigenvalue weighted by molar-refractivity contribution is -0.137. The normalized spacial score (nSPS) is 16.0. The SMILES string of the molecule is O=C(c1ccc(C(F)(F)F)cc1)N1CCc2nc(N3CCCCC3)nc(Oc3cccc(F)c3)c2C1. The van der Waals surface area contributed by atoms with Crippen LogP contribution in [0.4, 0.5) is 23.5 Å². The smallest absolute Gasteiger partial charge is 0.416 e. The van der Waals surface area contributed by atoms with Gasteiger partial charge in [0, 0.05) is 37.7 Å². The van der Waals surface area contributed by atoms with Crippen molar-refractivity contribution in [2.75, 3.05) is 24.5 Å². The zero-order chi connectivity index (χ0) is 25.3. The molecule has 0 spiro atoms. The van der Waals surface area contributed by atoms with Crippen LogP contribution < -0.4 is 9.64 Å². The number of fused-ring (bicyclic) bond motifs is 1. The summed E-state index contributed by atoms with van der Waals surface area (Å²) in [5.74, 6) is 0.210. The second kappa shape index (κ2) is 9.75. The van der Waals surface area contributed by atoms with E-state index in [2.05, 4.69) is 9.88 Å². The average molecular weight is 500 g/mol. The van der Waals surface area contributed by atoms with Crippen molar-refractivity contribution in [3.8, 4) is 11.6 Å². The van der Waals surface area contributed by atoms with E-state index in [-0.39, 0.29) is 23.7 Å². The average Bonchev–Trinajstić information content (AvgIpc) is 2.88. The Morgan fingerprint density at radius 3 is 2.39 bits per heavy atom. The summed E-state index contributed by atoms with van der Waals surface area (Å²) in [4.78, 5) is 26.1. The number of amides is 1. The summed E-state index contributed by atoms with van der Waals surface area (Å²) in [5.41, 5.74) is 0.692. The van der Waals surface area contributed by atoms with Crippen LogP contribution in [-0.4, -0.2) is 40.4 Å². The molecule has 5 rings (SSSR count). The number of rotatable bonds is 4. The Hall–Kier alpha value is -3.69. The molecule has 0 unspecified atom stereocenters. The predicted octanol–water partition coefficient (Wildman–Crippen LogP) is 5.62. The number of nitrogens with zero attached hydrogens (tertiary/aromatic N) is 4. The van der Waals surface area contributed by atoms with Gasteiger partial charge in [0.2, 0.25) is 11.8 Å². The van der Waals surface area contributed by atoms with Gasteiger partial charge in [-0.2, -0.15) is 18.2 Å². The van der Waals surface area contributed by atoms with Gasteiger partial charge in [-0.1, -0.05) is 6.07 Å². The lowest BCUT2D eigenvalue weighted by atomic mass is 10.0. The highest BCUT2D eigenvalue weighted by atomic mass is 19.4. The number of alkyl halides is 3. The lowest BCUT2D eigenvalue weighted by Crippen LogP contribution is -2.37. The van der Waals surface area contributed by atoms with E-state index in [0.717, 1.165) is 50.2 Å². The quantitative estimate of drug-likeness (QED) is 0.436. The Bertz CT molecular complexity index is 1260. The number of benzene rings is 2. The zero-order valence-electron chi connectivity index (χ0n) is 19.4. The van der Waals surface area contributed by atoms with E-state index in [0.29, 0.717) is 24.5 Å². The van der Waals surface area contributed by atoms with E-state index >= 15 is 0 Å². The van der Waals surface area contributed by atoms with Crippen molar-refractivity contribution in [1.82, 2.24) is 14.9 Å². The van der Waals surface area contributed by atoms with Gasteiger partial charge in [-0.25, -0.2) is 9.37 Å². The van der Waals surface area contributed by atoms with Crippen LogP contribution in [0.5, 0.6) is 11.6 Å². The van der Waals surface area contributed by atoms with Gasteiger partial charge in [0.05, 0.1) is 23.4 Å². The van der Waals surface area contributed by atoms with Gasteiger partial charge >= 0.3 is 6.18 Å². The maximum Gasteiger partial charge on any atom is 0.416 e. The summed E-state index contributed by atoms with van der Waals surface area (Å²) in [6.07, 6.45) is -0.816. The number of piperidine rings is 1. The summed E-state index contributed by atoms with van der Waals surface area (Å²) < 4.78 is 58.5. The molecule has 0 aliphatic carbocycles. The molecule has 10 heteroatoms. The minimum atomic E-state index is -4.47. The molecule has 0 N–H and O–H groups in total. The van der Waals surface area contributed by atoms with Crippen molar-refractivity contribution in [3.05, 3.63) is 76.7 Å². The molecule has 0 atom stereocenters. The number of ether oxygens (including phenoxy) is 1. The van der Waals surface area contributed by atoms with Crippen LogP contribution >= 0.6 is 0 Å². The summed E-state index contributed by atoms with van der Waals surface area (Å²) in [6, 6.07) is 9.88. The molecule has 1 aromatic heterocycles. The molecule has 3 aromatic rings. The van der Waals surface area contributed by atoms with Crippen LogP contribution in [0.2, 0.25) is 0 Å². The van der Waals surface area contributed by atoms with Gasteiger partial charge in [0.25, 0.3) is 5.91 Å². The Kier molecular flexibility index (Phi) is 6.51. The van der Waals surface area contributed by atoms with Gasteiger partial charge in [-0.05, 0) is 55.7 Å². The molecule has 0 bridgehead atoms. The van der Waals surface area contributed by atoms with Crippen molar-refractivity contribution in [3.63, 3.8) is 0 Å². The number of carbonyl (C=O) groups is 1. The van der Waals surface area contributed by atoms with Gasteiger partial charge in [-0.15, -0.1) is 0 Å². The summed E-state index contributed by atoms with van der Waals surface area (Å²) >= 11 is 0. The molecule has 1 amide bonds. The fraction of sp³-hybridized carbons (Fsp3) is 0.346. The van der Waals surface area contributed by atoms with Crippen LogP contribution in [0.25, 0.3) is 0 Å². The lowest BCUT2D eigenvalue weighted by Gasteiger charge is -2.32. The maximum atomic E-state index is 13.8. The summed E-state index contributed by atoms with van der Waals surface area (Å²) in [6.45, 7) is 2.14. The van der Waals surface area contributed by atoms with Crippen molar-refractivity contribution in [2.24, 2.45) is 0 Å². The number of hydrogen-bond donors (Lipinski definition) is 0. The second-order valence-corrected chi connectivity index (χ2v) is 8.91. The molecule has 1 saturated heterocycles. The third-order valence-corrected chi connectivity index (χ3v) is 6.41. The number of aromatic nitrogens is 2. The number of halogens is 4. The van der Waals surface area contributed by atoms with Crippen molar-refractivity contribution in [1.29, 1.82) is 0 Å². The largest absolute Gasteiger partial charge is 0.438 e. The topological polar surface area (TPSA) is 58.6 Å². The second-order valence-electron chi connectivity index (χ2n) is 8.91. The third-order valence-electron chi connectivity index (χ3n) is 6.41. The van der Waals surface area contributed by atoms with Gasteiger partial charge in [0.1, 0.15) is 11.6 Å². The minimum Gasteiger partial charge on any atom is -0.438 e. The molecule has 36 heavy (non-hydrogen) atoms. The highest BCUT2D eigenvalue weighted by Gasteiger charge is 2.32. The number of anilines is 1. The molecule has 188 valence electrons. The van der Waals surface area contributed by atoms with E-state index in [4.69, 9.17) is 9.72 Å². The summed E-state index contributed by atoms with van der Waals surface area (Å²) in [5, 5.41) is 0. The number of carbonyl (C=O) groups excluding carboxylic acids is 1. The molecule has 6 nitrogen and oxygen atoms in total. The molecule has 1 fully saturated rings. The third kappa shape index (κ3) is 5.12. The molecule has 2 aromatic carbocycles. The number of hydrogen-bond acceptors (Lipinski definition) is 5. The van der Waals surface area contributed by atoms with E-state index in [1.54, 1.807) is 6.07 Å². The molecular formula is C26H24F4N4O2. The van der Waals surface area contributed by atoms with Crippen LogP contribution in [0.15, 0.2) is 48.5 Å². The molecule has 2 aliphatic rings. The van der Waals surface area contributed by atoms with E-state index in [1.165, 1.54) is 35.2 Å². The zero-order valence-corrected chi connectivity index (χ0v) is 19.4. The van der Waals surface area contributed by atoms with Gasteiger partial charge in [-0.3, -0.25) is 4.79 Å². The fourth-order valence-electron chi connectivity index (χ4n) is 4.49. The Balaban J connectivity index is 1.44.